The molecule has 7 nitrogen and oxygen atoms in total. The van der Waals surface area contributed by atoms with Gasteiger partial charge in [-0.3, -0.25) is 14.4 Å². The molecule has 0 aliphatic carbocycles. The molecule has 0 aliphatic rings. The Hall–Kier alpha value is -3.48. The molecule has 0 bridgehead atoms. The molecule has 3 rings (SSSR count). The number of hydrogen-bond donors (Lipinski definition) is 1. The number of amides is 1. The number of fused-ring (bicyclic) bond motifs is 1. The van der Waals surface area contributed by atoms with Crippen LogP contribution in [0, 0.1) is 0 Å². The third kappa shape index (κ3) is 5.07. The summed E-state index contributed by atoms with van der Waals surface area (Å²) >= 11 is 0. The van der Waals surface area contributed by atoms with Gasteiger partial charge in [-0.25, -0.2) is 5.10 Å². The number of H-pyrrole nitrogens is 1. The zero-order chi connectivity index (χ0) is 20.8. The number of aromatic amines is 1. The minimum Gasteiger partial charge on any atom is -0.455 e. The normalized spacial score (nSPS) is 10.9. The van der Waals surface area contributed by atoms with Gasteiger partial charge in [0.1, 0.15) is 0 Å². The number of ether oxygens (including phenoxy) is 1. The van der Waals surface area contributed by atoms with Crippen LogP contribution in [0.25, 0.3) is 10.8 Å². The van der Waals surface area contributed by atoms with Crippen molar-refractivity contribution >= 4 is 22.6 Å². The van der Waals surface area contributed by atoms with E-state index in [9.17, 15) is 14.4 Å². The second kappa shape index (κ2) is 9.14. The quantitative estimate of drug-likeness (QED) is 0.623. The van der Waals surface area contributed by atoms with E-state index in [1.165, 1.54) is 0 Å². The molecule has 0 saturated carbocycles. The van der Waals surface area contributed by atoms with Gasteiger partial charge in [-0.1, -0.05) is 48.5 Å². The summed E-state index contributed by atoms with van der Waals surface area (Å²) in [6.07, 6.45) is -0.134. The van der Waals surface area contributed by atoms with Crippen LogP contribution in [0.1, 0.15) is 25.1 Å². The highest BCUT2D eigenvalue weighted by Gasteiger charge is 2.20. The first kappa shape index (κ1) is 20.3. The lowest BCUT2D eigenvalue weighted by Gasteiger charge is -2.26. The van der Waals surface area contributed by atoms with Crippen LogP contribution in [0.2, 0.25) is 0 Å². The van der Waals surface area contributed by atoms with Gasteiger partial charge < -0.3 is 9.64 Å². The van der Waals surface area contributed by atoms with E-state index in [1.807, 2.05) is 44.2 Å². The van der Waals surface area contributed by atoms with Crippen molar-refractivity contribution < 1.29 is 14.3 Å². The first-order chi connectivity index (χ1) is 14.0. The van der Waals surface area contributed by atoms with Crippen LogP contribution in [-0.4, -0.2) is 39.6 Å². The maximum atomic E-state index is 12.6. The molecule has 1 aromatic heterocycles. The average Bonchev–Trinajstić information content (AvgIpc) is 2.73. The summed E-state index contributed by atoms with van der Waals surface area (Å²) in [6.45, 7) is 3.93. The molecule has 3 aromatic rings. The van der Waals surface area contributed by atoms with Crippen LogP contribution >= 0.6 is 0 Å². The Balaban J connectivity index is 1.63. The highest BCUT2D eigenvalue weighted by molar-refractivity contribution is 5.87. The largest absolute Gasteiger partial charge is 0.455 e. The molecule has 150 valence electrons. The summed E-state index contributed by atoms with van der Waals surface area (Å²) in [5.41, 5.74) is 1.09. The molecule has 7 heteroatoms. The number of rotatable bonds is 7. The summed E-state index contributed by atoms with van der Waals surface area (Å²) < 4.78 is 5.19. The van der Waals surface area contributed by atoms with Crippen LogP contribution in [0.5, 0.6) is 0 Å². The van der Waals surface area contributed by atoms with Crippen LogP contribution in [0.3, 0.4) is 0 Å². The lowest BCUT2D eigenvalue weighted by atomic mass is 10.1. The molecular weight excluding hydrogens is 370 g/mol. The van der Waals surface area contributed by atoms with Gasteiger partial charge in [0.15, 0.2) is 6.61 Å². The van der Waals surface area contributed by atoms with Crippen molar-refractivity contribution in [3.63, 3.8) is 0 Å². The number of nitrogens with zero attached hydrogens (tertiary/aromatic N) is 2. The molecule has 1 N–H and O–H groups in total. The van der Waals surface area contributed by atoms with Crippen molar-refractivity contribution in [3.05, 3.63) is 76.2 Å². The minimum absolute atomic E-state index is 0.0359. The molecule has 2 aromatic carbocycles. The van der Waals surface area contributed by atoms with Crippen molar-refractivity contribution in [3.8, 4) is 0 Å². The number of nitrogens with one attached hydrogen (secondary N) is 1. The maximum absolute atomic E-state index is 12.6. The van der Waals surface area contributed by atoms with Gasteiger partial charge in [-0.05, 0) is 25.5 Å². The molecule has 0 fully saturated rings. The third-order valence-electron chi connectivity index (χ3n) is 4.58. The van der Waals surface area contributed by atoms with Gasteiger partial charge >= 0.3 is 5.97 Å². The van der Waals surface area contributed by atoms with Crippen molar-refractivity contribution in [2.24, 2.45) is 0 Å². The van der Waals surface area contributed by atoms with E-state index in [-0.39, 0.29) is 30.5 Å². The molecule has 0 unspecified atom stereocenters. The van der Waals surface area contributed by atoms with Crippen molar-refractivity contribution in [2.45, 2.75) is 32.9 Å². The van der Waals surface area contributed by atoms with E-state index >= 15 is 0 Å². The lowest BCUT2D eigenvalue weighted by Crippen LogP contribution is -2.39. The predicted octanol–water partition coefficient (Wildman–Crippen LogP) is 2.45. The van der Waals surface area contributed by atoms with Gasteiger partial charge in [-0.15, -0.1) is 0 Å². The maximum Gasteiger partial charge on any atom is 0.312 e. The van der Waals surface area contributed by atoms with Crippen LogP contribution in [-0.2, 0) is 27.3 Å². The Bertz CT molecular complexity index is 1060. The third-order valence-corrected chi connectivity index (χ3v) is 4.58. The first-order valence-electron chi connectivity index (χ1n) is 9.41. The van der Waals surface area contributed by atoms with Gasteiger partial charge in [0.25, 0.3) is 11.5 Å². The molecular formula is C22H23N3O4. The summed E-state index contributed by atoms with van der Waals surface area (Å²) in [5, 5.41) is 7.39. The number of benzene rings is 2. The summed E-state index contributed by atoms with van der Waals surface area (Å²) in [4.78, 5) is 38.4. The van der Waals surface area contributed by atoms with Crippen LogP contribution in [0.15, 0.2) is 59.4 Å². The van der Waals surface area contributed by atoms with Gasteiger partial charge in [0, 0.05) is 18.0 Å². The van der Waals surface area contributed by atoms with Crippen molar-refractivity contribution in [2.75, 3.05) is 6.61 Å². The molecule has 0 spiro atoms. The van der Waals surface area contributed by atoms with Crippen LogP contribution in [0.4, 0.5) is 0 Å². The minimum atomic E-state index is -0.577. The second-order valence-electron chi connectivity index (χ2n) is 6.98. The molecule has 0 saturated heterocycles. The molecule has 29 heavy (non-hydrogen) atoms. The first-order valence-corrected chi connectivity index (χ1v) is 9.41. The Kier molecular flexibility index (Phi) is 6.39. The highest BCUT2D eigenvalue weighted by Crippen LogP contribution is 2.13. The Morgan fingerprint density at radius 1 is 1.03 bits per heavy atom. The fourth-order valence-electron chi connectivity index (χ4n) is 3.06. The van der Waals surface area contributed by atoms with Gasteiger partial charge in [-0.2, -0.15) is 5.10 Å². The summed E-state index contributed by atoms with van der Waals surface area (Å²) in [7, 11) is 0. The van der Waals surface area contributed by atoms with Gasteiger partial charge in [0.05, 0.1) is 17.5 Å². The Morgan fingerprint density at radius 3 is 2.38 bits per heavy atom. The number of aromatic nitrogens is 2. The molecule has 1 heterocycles. The van der Waals surface area contributed by atoms with Crippen LogP contribution < -0.4 is 5.56 Å². The lowest BCUT2D eigenvalue weighted by molar-refractivity contribution is -0.152. The molecule has 0 atom stereocenters. The van der Waals surface area contributed by atoms with Gasteiger partial charge in [0.2, 0.25) is 0 Å². The van der Waals surface area contributed by atoms with E-state index in [0.29, 0.717) is 23.0 Å². The second-order valence-corrected chi connectivity index (χ2v) is 6.98. The number of hydrogen-bond acceptors (Lipinski definition) is 5. The monoisotopic (exact) mass is 393 g/mol. The van der Waals surface area contributed by atoms with E-state index < -0.39 is 5.97 Å². The Labute approximate surface area is 168 Å². The van der Waals surface area contributed by atoms with E-state index in [0.717, 1.165) is 5.56 Å². The van der Waals surface area contributed by atoms with E-state index in [4.69, 9.17) is 4.74 Å². The summed E-state index contributed by atoms with van der Waals surface area (Å²) in [6, 6.07) is 16.5. The molecule has 0 aliphatic heterocycles. The van der Waals surface area contributed by atoms with E-state index in [1.54, 1.807) is 29.2 Å². The topological polar surface area (TPSA) is 92.4 Å². The standard InChI is InChI=1S/C22H23N3O4/c1-15(2)25(13-16-8-4-3-5-9-16)20(26)14-29-21(27)12-19-17-10-6-7-11-18(17)22(28)24-23-19/h3-11,15H,12-14H2,1-2H3,(H,24,28). The fourth-order valence-corrected chi connectivity index (χ4v) is 3.06. The zero-order valence-electron chi connectivity index (χ0n) is 16.4. The van der Waals surface area contributed by atoms with Crippen molar-refractivity contribution in [1.29, 1.82) is 0 Å². The SMILES string of the molecule is CC(C)N(Cc1ccccc1)C(=O)COC(=O)Cc1n[nH]c(=O)c2ccccc12. The predicted molar refractivity (Wildman–Crippen MR) is 109 cm³/mol. The summed E-state index contributed by atoms with van der Waals surface area (Å²) in [5.74, 6) is -0.844. The average molecular weight is 393 g/mol. The van der Waals surface area contributed by atoms with Crippen molar-refractivity contribution in [1.82, 2.24) is 15.1 Å². The molecule has 1 amide bonds. The number of carbonyl (C=O) groups excluding carboxylic acids is 2. The van der Waals surface area contributed by atoms with E-state index in [2.05, 4.69) is 10.2 Å². The number of esters is 1. The number of carbonyl (C=O) groups is 2. The Morgan fingerprint density at radius 2 is 1.69 bits per heavy atom. The highest BCUT2D eigenvalue weighted by atomic mass is 16.5. The molecule has 0 radical (unpaired) electrons. The zero-order valence-corrected chi connectivity index (χ0v) is 16.4. The smallest absolute Gasteiger partial charge is 0.312 e. The fraction of sp³-hybridized carbons (Fsp3) is 0.273.